The molecule has 0 radical (unpaired) electrons. The molecular formula is C15H14ClN3S. The van der Waals surface area contributed by atoms with Crippen molar-refractivity contribution in [1.82, 2.24) is 9.13 Å². The second kappa shape index (κ2) is 5.38. The van der Waals surface area contributed by atoms with Crippen molar-refractivity contribution in [1.29, 1.82) is 5.41 Å². The molecule has 2 aromatic carbocycles. The molecule has 102 valence electrons. The number of aromatic nitrogens is 2. The smallest absolute Gasteiger partial charge is 0.203 e. The van der Waals surface area contributed by atoms with Gasteiger partial charge in [0.05, 0.1) is 16.9 Å². The molecule has 1 heterocycles. The zero-order valence-corrected chi connectivity index (χ0v) is 12.6. The van der Waals surface area contributed by atoms with E-state index in [1.165, 1.54) is 0 Å². The van der Waals surface area contributed by atoms with Gasteiger partial charge in [-0.3, -0.25) is 5.41 Å². The Labute approximate surface area is 126 Å². The number of benzene rings is 2. The molecule has 0 atom stereocenters. The molecule has 20 heavy (non-hydrogen) atoms. The van der Waals surface area contributed by atoms with Crippen LogP contribution in [0.1, 0.15) is 0 Å². The maximum absolute atomic E-state index is 8.22. The highest BCUT2D eigenvalue weighted by atomic mass is 35.5. The lowest BCUT2D eigenvalue weighted by Gasteiger charge is -2.04. The van der Waals surface area contributed by atoms with Crippen LogP contribution in [0, 0.1) is 5.41 Å². The summed E-state index contributed by atoms with van der Waals surface area (Å²) in [6.07, 6.45) is 0. The number of nitrogens with one attached hydrogen (secondary N) is 1. The number of para-hydroxylation sites is 2. The molecule has 0 spiro atoms. The number of fused-ring (bicyclic) bond motifs is 1. The quantitative estimate of drug-likeness (QED) is 0.732. The fourth-order valence-corrected chi connectivity index (χ4v) is 3.18. The highest BCUT2D eigenvalue weighted by molar-refractivity contribution is 7.98. The first-order valence-electron chi connectivity index (χ1n) is 6.24. The Morgan fingerprint density at radius 2 is 1.70 bits per heavy atom. The zero-order valence-electron chi connectivity index (χ0n) is 11.0. The van der Waals surface area contributed by atoms with E-state index in [9.17, 15) is 0 Å². The molecule has 1 aromatic heterocycles. The third kappa shape index (κ3) is 2.37. The number of rotatable bonds is 3. The van der Waals surface area contributed by atoms with Crippen LogP contribution in [-0.4, -0.2) is 9.13 Å². The second-order valence-corrected chi connectivity index (χ2v) is 5.98. The standard InChI is InChI=1S/C15H14ClN3S/c1-18-13-4-2-3-5-14(13)19(15(18)17)10-20-12-8-6-11(16)7-9-12/h2-9,17H,10H2,1H3. The summed E-state index contributed by atoms with van der Waals surface area (Å²) in [5.74, 6) is 0.710. The van der Waals surface area contributed by atoms with Crippen LogP contribution in [0.5, 0.6) is 0 Å². The molecule has 1 N–H and O–H groups in total. The van der Waals surface area contributed by atoms with Gasteiger partial charge in [0.2, 0.25) is 5.62 Å². The fourth-order valence-electron chi connectivity index (χ4n) is 2.19. The monoisotopic (exact) mass is 303 g/mol. The van der Waals surface area contributed by atoms with Crippen molar-refractivity contribution in [3.63, 3.8) is 0 Å². The average Bonchev–Trinajstić information content (AvgIpc) is 2.71. The van der Waals surface area contributed by atoms with E-state index < -0.39 is 0 Å². The van der Waals surface area contributed by atoms with Crippen molar-refractivity contribution >= 4 is 34.4 Å². The van der Waals surface area contributed by atoms with E-state index in [1.54, 1.807) is 11.8 Å². The molecule has 0 fully saturated rings. The molecule has 5 heteroatoms. The third-order valence-corrected chi connectivity index (χ3v) is 4.53. The summed E-state index contributed by atoms with van der Waals surface area (Å²) in [6, 6.07) is 15.9. The lowest BCUT2D eigenvalue weighted by Crippen LogP contribution is -2.21. The zero-order chi connectivity index (χ0) is 14.1. The summed E-state index contributed by atoms with van der Waals surface area (Å²) in [7, 11) is 1.92. The van der Waals surface area contributed by atoms with Gasteiger partial charge >= 0.3 is 0 Å². The second-order valence-electron chi connectivity index (χ2n) is 4.53. The van der Waals surface area contributed by atoms with Crippen molar-refractivity contribution in [3.05, 3.63) is 59.2 Å². The predicted octanol–water partition coefficient (Wildman–Crippen LogP) is 3.86. The molecule has 0 unspecified atom stereocenters. The number of halogens is 1. The summed E-state index contributed by atoms with van der Waals surface area (Å²) >= 11 is 7.58. The van der Waals surface area contributed by atoms with Crippen LogP contribution in [0.2, 0.25) is 5.02 Å². The summed E-state index contributed by atoms with van der Waals surface area (Å²) in [4.78, 5) is 1.15. The van der Waals surface area contributed by atoms with E-state index in [-0.39, 0.29) is 0 Å². The van der Waals surface area contributed by atoms with Crippen LogP contribution in [0.3, 0.4) is 0 Å². The van der Waals surface area contributed by atoms with Gasteiger partial charge in [-0.15, -0.1) is 11.8 Å². The van der Waals surface area contributed by atoms with Crippen molar-refractivity contribution in [2.75, 3.05) is 0 Å². The van der Waals surface area contributed by atoms with Crippen molar-refractivity contribution in [3.8, 4) is 0 Å². The van der Waals surface area contributed by atoms with Gasteiger partial charge in [0, 0.05) is 17.0 Å². The summed E-state index contributed by atoms with van der Waals surface area (Å²) in [5, 5.41) is 8.96. The Morgan fingerprint density at radius 3 is 2.40 bits per heavy atom. The van der Waals surface area contributed by atoms with Gasteiger partial charge < -0.3 is 9.13 Å². The summed E-state index contributed by atoms with van der Waals surface area (Å²) < 4.78 is 3.91. The molecule has 0 saturated heterocycles. The Kier molecular flexibility index (Phi) is 3.59. The highest BCUT2D eigenvalue weighted by Gasteiger charge is 2.07. The topological polar surface area (TPSA) is 33.7 Å². The molecule has 3 nitrogen and oxygen atoms in total. The SMILES string of the molecule is Cn1c(=N)n(CSc2ccc(Cl)cc2)c2ccccc21. The number of hydrogen-bond acceptors (Lipinski definition) is 2. The van der Waals surface area contributed by atoms with Crippen molar-refractivity contribution in [2.45, 2.75) is 10.8 Å². The molecule has 3 aromatic rings. The molecule has 0 amide bonds. The number of nitrogens with zero attached hydrogens (tertiary/aromatic N) is 2. The molecule has 0 aliphatic carbocycles. The number of thioether (sulfide) groups is 1. The minimum atomic E-state index is 0.507. The molecule has 0 aliphatic rings. The first kappa shape index (κ1) is 13.3. The van der Waals surface area contributed by atoms with Crippen LogP contribution >= 0.6 is 23.4 Å². The fraction of sp³-hybridized carbons (Fsp3) is 0.133. The summed E-state index contributed by atoms with van der Waals surface area (Å²) in [5.41, 5.74) is 2.67. The van der Waals surface area contributed by atoms with Crippen LogP contribution in [0.4, 0.5) is 0 Å². The van der Waals surface area contributed by atoms with Crippen LogP contribution in [0.25, 0.3) is 11.0 Å². The molecular weight excluding hydrogens is 290 g/mol. The predicted molar refractivity (Wildman–Crippen MR) is 84.1 cm³/mol. The van der Waals surface area contributed by atoms with Gasteiger partial charge in [0.1, 0.15) is 0 Å². The van der Waals surface area contributed by atoms with Gasteiger partial charge in [-0.25, -0.2) is 0 Å². The Bertz CT molecular complexity index is 802. The Hall–Kier alpha value is -1.65. The van der Waals surface area contributed by atoms with Crippen LogP contribution < -0.4 is 5.62 Å². The minimum absolute atomic E-state index is 0.507. The Balaban J connectivity index is 1.93. The van der Waals surface area contributed by atoms with E-state index in [4.69, 9.17) is 17.0 Å². The van der Waals surface area contributed by atoms with Gasteiger partial charge in [-0.2, -0.15) is 0 Å². The van der Waals surface area contributed by atoms with E-state index >= 15 is 0 Å². The van der Waals surface area contributed by atoms with Crippen LogP contribution in [0.15, 0.2) is 53.4 Å². The van der Waals surface area contributed by atoms with E-state index in [0.717, 1.165) is 21.0 Å². The largest absolute Gasteiger partial charge is 0.313 e. The first-order valence-corrected chi connectivity index (χ1v) is 7.60. The average molecular weight is 304 g/mol. The van der Waals surface area contributed by atoms with Gasteiger partial charge in [-0.05, 0) is 36.4 Å². The van der Waals surface area contributed by atoms with Gasteiger partial charge in [-0.1, -0.05) is 23.7 Å². The van der Waals surface area contributed by atoms with E-state index in [0.29, 0.717) is 11.5 Å². The Morgan fingerprint density at radius 1 is 1.05 bits per heavy atom. The molecule has 0 aliphatic heterocycles. The van der Waals surface area contributed by atoms with Crippen molar-refractivity contribution < 1.29 is 0 Å². The van der Waals surface area contributed by atoms with Gasteiger partial charge in [0.25, 0.3) is 0 Å². The van der Waals surface area contributed by atoms with E-state index in [1.807, 2.05) is 58.6 Å². The minimum Gasteiger partial charge on any atom is -0.313 e. The number of aryl methyl sites for hydroxylation is 1. The van der Waals surface area contributed by atoms with Crippen molar-refractivity contribution in [2.24, 2.45) is 7.05 Å². The lowest BCUT2D eigenvalue weighted by atomic mass is 10.3. The number of hydrogen-bond donors (Lipinski definition) is 1. The maximum atomic E-state index is 8.22. The molecule has 3 rings (SSSR count). The first-order chi connectivity index (χ1) is 9.66. The normalized spacial score (nSPS) is 11.1. The summed E-state index contributed by atoms with van der Waals surface area (Å²) in [6.45, 7) is 0. The van der Waals surface area contributed by atoms with Crippen LogP contribution in [-0.2, 0) is 12.9 Å². The lowest BCUT2D eigenvalue weighted by molar-refractivity contribution is 0.734. The maximum Gasteiger partial charge on any atom is 0.203 e. The molecule has 0 saturated carbocycles. The number of imidazole rings is 1. The molecule has 0 bridgehead atoms. The van der Waals surface area contributed by atoms with E-state index in [2.05, 4.69) is 6.07 Å². The third-order valence-electron chi connectivity index (χ3n) is 3.28. The van der Waals surface area contributed by atoms with Gasteiger partial charge in [0.15, 0.2) is 0 Å². The highest BCUT2D eigenvalue weighted by Crippen LogP contribution is 2.23.